The number of carbonyl (C=O) groups excluding carboxylic acids is 2. The Kier molecular flexibility index (Phi) is 4.19. The van der Waals surface area contributed by atoms with Crippen LogP contribution in [-0.4, -0.2) is 11.6 Å². The van der Waals surface area contributed by atoms with Crippen LogP contribution in [0.25, 0.3) is 19.5 Å². The first-order valence-corrected chi connectivity index (χ1v) is 12.4. The van der Waals surface area contributed by atoms with E-state index < -0.39 is 0 Å². The SMILES string of the molecule is O=C1c2cc(Br)sc2-c2sc(Br)cc21.O=C1c2ccsc2-c2sccc21. The molecular weight excluding hydrogens is 536 g/mol. The molecule has 0 N–H and O–H groups in total. The smallest absolute Gasteiger partial charge is 0.196 e. The summed E-state index contributed by atoms with van der Waals surface area (Å²) in [6.45, 7) is 0. The highest BCUT2D eigenvalue weighted by Gasteiger charge is 2.31. The molecular formula is C18H6Br2O2S4. The average molecular weight is 542 g/mol. The van der Waals surface area contributed by atoms with Crippen LogP contribution in [0.15, 0.2) is 42.6 Å². The van der Waals surface area contributed by atoms with E-state index in [9.17, 15) is 9.59 Å². The molecule has 4 aromatic heterocycles. The molecule has 0 saturated carbocycles. The number of fused-ring (bicyclic) bond motifs is 6. The molecule has 0 atom stereocenters. The van der Waals surface area contributed by atoms with Crippen LogP contribution in [0, 0.1) is 0 Å². The predicted octanol–water partition coefficient (Wildman–Crippen LogP) is 7.57. The molecule has 2 aliphatic carbocycles. The van der Waals surface area contributed by atoms with Crippen LogP contribution in [-0.2, 0) is 0 Å². The van der Waals surface area contributed by atoms with Gasteiger partial charge in [0.2, 0.25) is 0 Å². The molecule has 0 saturated heterocycles. The molecule has 0 spiro atoms. The van der Waals surface area contributed by atoms with Crippen molar-refractivity contribution in [2.45, 2.75) is 0 Å². The summed E-state index contributed by atoms with van der Waals surface area (Å²) in [5, 5.41) is 3.95. The first-order valence-electron chi connectivity index (χ1n) is 7.38. The van der Waals surface area contributed by atoms with Crippen LogP contribution in [0.5, 0.6) is 0 Å². The first-order chi connectivity index (χ1) is 12.5. The molecule has 0 unspecified atom stereocenters. The zero-order valence-electron chi connectivity index (χ0n) is 12.7. The molecule has 0 fully saturated rings. The summed E-state index contributed by atoms with van der Waals surface area (Å²) >= 11 is 13.4. The van der Waals surface area contributed by atoms with Crippen molar-refractivity contribution in [3.05, 3.63) is 64.9 Å². The summed E-state index contributed by atoms with van der Waals surface area (Å²) in [5.41, 5.74) is 3.47. The van der Waals surface area contributed by atoms with Gasteiger partial charge in [-0.3, -0.25) is 9.59 Å². The number of halogens is 2. The minimum atomic E-state index is 0.152. The Morgan fingerprint density at radius 1 is 0.615 bits per heavy atom. The lowest BCUT2D eigenvalue weighted by molar-refractivity contribution is 0.103. The molecule has 0 radical (unpaired) electrons. The van der Waals surface area contributed by atoms with Crippen molar-refractivity contribution in [1.29, 1.82) is 0 Å². The third kappa shape index (κ3) is 2.51. The number of thiophene rings is 4. The second kappa shape index (κ2) is 6.32. The molecule has 2 nitrogen and oxygen atoms in total. The van der Waals surface area contributed by atoms with Gasteiger partial charge < -0.3 is 0 Å². The number of hydrogen-bond acceptors (Lipinski definition) is 6. The summed E-state index contributed by atoms with van der Waals surface area (Å²) < 4.78 is 2.04. The molecule has 2 aliphatic rings. The molecule has 0 amide bonds. The van der Waals surface area contributed by atoms with Gasteiger partial charge in [-0.2, -0.15) is 0 Å². The van der Waals surface area contributed by atoms with E-state index in [1.54, 1.807) is 45.3 Å². The van der Waals surface area contributed by atoms with Gasteiger partial charge in [0.25, 0.3) is 0 Å². The fourth-order valence-electron chi connectivity index (χ4n) is 3.01. The standard InChI is InChI=1S/C9H2Br2OS2.C9H4OS2/c10-5-1-3-7(12)4-2-6(11)14-9(4)8(3)13-5;10-7-5-1-3-11-8(5)9-6(7)2-4-12-9/h1-2H;1-4H. The summed E-state index contributed by atoms with van der Waals surface area (Å²) in [5.74, 6) is 0.349. The topological polar surface area (TPSA) is 34.1 Å². The molecule has 0 aromatic carbocycles. The highest BCUT2D eigenvalue weighted by atomic mass is 79.9. The van der Waals surface area contributed by atoms with Crippen LogP contribution in [0.1, 0.15) is 31.8 Å². The first kappa shape index (κ1) is 17.2. The lowest BCUT2D eigenvalue weighted by Gasteiger charge is -1.85. The molecule has 26 heavy (non-hydrogen) atoms. The van der Waals surface area contributed by atoms with E-state index in [0.717, 1.165) is 49.3 Å². The quantitative estimate of drug-likeness (QED) is 0.199. The summed E-state index contributed by atoms with van der Waals surface area (Å²) in [6, 6.07) is 7.63. The zero-order valence-corrected chi connectivity index (χ0v) is 19.1. The van der Waals surface area contributed by atoms with Gasteiger partial charge in [0, 0.05) is 22.3 Å². The largest absolute Gasteiger partial charge is 0.289 e. The Bertz CT molecular complexity index is 1120. The van der Waals surface area contributed by atoms with Crippen molar-refractivity contribution in [1.82, 2.24) is 0 Å². The normalized spacial score (nSPS) is 13.2. The van der Waals surface area contributed by atoms with Gasteiger partial charge in [0.1, 0.15) is 0 Å². The van der Waals surface area contributed by atoms with Crippen molar-refractivity contribution in [3.63, 3.8) is 0 Å². The van der Waals surface area contributed by atoms with Crippen molar-refractivity contribution >= 4 is 88.8 Å². The molecule has 0 aliphatic heterocycles. The maximum atomic E-state index is 11.9. The number of rotatable bonds is 0. The van der Waals surface area contributed by atoms with Gasteiger partial charge >= 0.3 is 0 Å². The van der Waals surface area contributed by atoms with Crippen LogP contribution in [0.4, 0.5) is 0 Å². The van der Waals surface area contributed by atoms with Crippen molar-refractivity contribution in [3.8, 4) is 19.5 Å². The minimum Gasteiger partial charge on any atom is -0.289 e. The van der Waals surface area contributed by atoms with E-state index in [4.69, 9.17) is 0 Å². The number of ketones is 2. The molecule has 6 rings (SSSR count). The zero-order chi connectivity index (χ0) is 18.0. The Morgan fingerprint density at radius 2 is 1.04 bits per heavy atom. The number of hydrogen-bond donors (Lipinski definition) is 0. The Morgan fingerprint density at radius 3 is 1.50 bits per heavy atom. The number of carbonyl (C=O) groups is 2. The van der Waals surface area contributed by atoms with Crippen molar-refractivity contribution in [2.75, 3.05) is 0 Å². The predicted molar refractivity (Wildman–Crippen MR) is 118 cm³/mol. The fraction of sp³-hybridized carbons (Fsp3) is 0. The Hall–Kier alpha value is -0.900. The highest BCUT2D eigenvalue weighted by molar-refractivity contribution is 9.11. The van der Waals surface area contributed by atoms with Gasteiger partial charge in [0.05, 0.1) is 27.1 Å². The van der Waals surface area contributed by atoms with Gasteiger partial charge in [-0.1, -0.05) is 0 Å². The molecule has 0 bridgehead atoms. The van der Waals surface area contributed by atoms with Crippen molar-refractivity contribution < 1.29 is 9.59 Å². The summed E-state index contributed by atoms with van der Waals surface area (Å²) in [7, 11) is 0. The molecule has 4 heterocycles. The monoisotopic (exact) mass is 540 g/mol. The average Bonchev–Trinajstić information content (AvgIpc) is 3.39. The van der Waals surface area contributed by atoms with E-state index in [1.165, 1.54) is 0 Å². The van der Waals surface area contributed by atoms with E-state index in [-0.39, 0.29) is 11.6 Å². The third-order valence-corrected chi connectivity index (χ3v) is 9.56. The van der Waals surface area contributed by atoms with Gasteiger partial charge in [-0.15, -0.1) is 45.3 Å². The van der Waals surface area contributed by atoms with Gasteiger partial charge in [-0.05, 0) is 66.9 Å². The van der Waals surface area contributed by atoms with Gasteiger partial charge in [0.15, 0.2) is 11.6 Å². The minimum absolute atomic E-state index is 0.152. The highest BCUT2D eigenvalue weighted by Crippen LogP contribution is 2.49. The molecule has 128 valence electrons. The van der Waals surface area contributed by atoms with E-state index >= 15 is 0 Å². The summed E-state index contributed by atoms with van der Waals surface area (Å²) in [6.07, 6.45) is 0. The van der Waals surface area contributed by atoms with Crippen LogP contribution in [0.3, 0.4) is 0 Å². The van der Waals surface area contributed by atoms with E-state index in [1.807, 2.05) is 35.0 Å². The Balaban J connectivity index is 0.000000117. The second-order valence-electron chi connectivity index (χ2n) is 5.57. The van der Waals surface area contributed by atoms with E-state index in [2.05, 4.69) is 31.9 Å². The van der Waals surface area contributed by atoms with Crippen LogP contribution in [0.2, 0.25) is 0 Å². The van der Waals surface area contributed by atoms with Crippen LogP contribution >= 0.6 is 77.2 Å². The van der Waals surface area contributed by atoms with Crippen LogP contribution < -0.4 is 0 Å². The van der Waals surface area contributed by atoms with Gasteiger partial charge in [-0.25, -0.2) is 0 Å². The molecule has 4 aromatic rings. The third-order valence-electron chi connectivity index (χ3n) is 4.13. The lowest BCUT2D eigenvalue weighted by atomic mass is 10.2. The maximum absolute atomic E-state index is 11.9. The summed E-state index contributed by atoms with van der Waals surface area (Å²) in [4.78, 5) is 28.0. The Labute approximate surface area is 181 Å². The van der Waals surface area contributed by atoms with E-state index in [0.29, 0.717) is 0 Å². The lowest BCUT2D eigenvalue weighted by Crippen LogP contribution is -1.91. The van der Waals surface area contributed by atoms with Crippen molar-refractivity contribution in [2.24, 2.45) is 0 Å². The second-order valence-corrected chi connectivity index (χ2v) is 12.3. The fourth-order valence-corrected chi connectivity index (χ4v) is 8.34. The maximum Gasteiger partial charge on any atom is 0.196 e. The molecule has 8 heteroatoms.